The second-order valence-electron chi connectivity index (χ2n) is 5.48. The molecule has 0 heterocycles. The van der Waals surface area contributed by atoms with Gasteiger partial charge in [-0.05, 0) is 48.5 Å². The number of hydrogen-bond acceptors (Lipinski definition) is 5. The smallest absolute Gasteiger partial charge is 0.293 e. The molecule has 7 heteroatoms. The Morgan fingerprint density at radius 2 is 1.62 bits per heavy atom. The van der Waals surface area contributed by atoms with E-state index in [1.807, 2.05) is 18.2 Å². The van der Waals surface area contributed by atoms with E-state index in [0.29, 0.717) is 17.1 Å². The lowest BCUT2D eigenvalue weighted by Gasteiger charge is -2.09. The van der Waals surface area contributed by atoms with Crippen molar-refractivity contribution in [2.75, 3.05) is 10.6 Å². The third-order valence-electron chi connectivity index (χ3n) is 3.63. The van der Waals surface area contributed by atoms with Crippen molar-refractivity contribution in [1.29, 1.82) is 0 Å². The molecule has 3 aromatic carbocycles. The van der Waals surface area contributed by atoms with Crippen LogP contribution in [0.2, 0.25) is 0 Å². The molecular formula is C19H15N3O4. The van der Waals surface area contributed by atoms with E-state index >= 15 is 0 Å². The van der Waals surface area contributed by atoms with E-state index < -0.39 is 10.8 Å². The second kappa shape index (κ2) is 7.35. The maximum atomic E-state index is 12.3. The molecule has 26 heavy (non-hydrogen) atoms. The number of phenolic OH excluding ortho intramolecular Hbond substituents is 1. The quantitative estimate of drug-likeness (QED) is 0.362. The molecule has 0 aromatic heterocycles. The van der Waals surface area contributed by atoms with E-state index in [1.165, 1.54) is 42.5 Å². The zero-order valence-electron chi connectivity index (χ0n) is 13.5. The average Bonchev–Trinajstić information content (AvgIpc) is 2.64. The maximum absolute atomic E-state index is 12.3. The van der Waals surface area contributed by atoms with E-state index in [2.05, 4.69) is 10.6 Å². The van der Waals surface area contributed by atoms with Crippen molar-refractivity contribution in [3.05, 3.63) is 88.5 Å². The number of carbonyl (C=O) groups excluding carboxylic acids is 1. The first-order valence-corrected chi connectivity index (χ1v) is 7.74. The number of benzene rings is 3. The molecule has 3 aromatic rings. The Kier molecular flexibility index (Phi) is 4.80. The van der Waals surface area contributed by atoms with Crippen LogP contribution in [0.5, 0.6) is 5.75 Å². The van der Waals surface area contributed by atoms with Gasteiger partial charge in [0.2, 0.25) is 0 Å². The number of rotatable bonds is 5. The number of nitrogens with zero attached hydrogens (tertiary/aromatic N) is 1. The zero-order valence-corrected chi connectivity index (χ0v) is 13.5. The summed E-state index contributed by atoms with van der Waals surface area (Å²) in [4.78, 5) is 23.2. The second-order valence-corrected chi connectivity index (χ2v) is 5.48. The van der Waals surface area contributed by atoms with Gasteiger partial charge in [0, 0.05) is 23.0 Å². The molecule has 0 aliphatic carbocycles. The zero-order chi connectivity index (χ0) is 18.5. The lowest BCUT2D eigenvalue weighted by molar-refractivity contribution is -0.383. The highest BCUT2D eigenvalue weighted by molar-refractivity contribution is 6.05. The molecule has 0 radical (unpaired) electrons. The van der Waals surface area contributed by atoms with Crippen LogP contribution in [-0.4, -0.2) is 15.9 Å². The summed E-state index contributed by atoms with van der Waals surface area (Å²) >= 11 is 0. The summed E-state index contributed by atoms with van der Waals surface area (Å²) in [5.41, 5.74) is 1.43. The monoisotopic (exact) mass is 349 g/mol. The van der Waals surface area contributed by atoms with Crippen molar-refractivity contribution in [1.82, 2.24) is 0 Å². The summed E-state index contributed by atoms with van der Waals surface area (Å²) in [5.74, 6) is -0.403. The number of nitrogens with one attached hydrogen (secondary N) is 2. The standard InChI is InChI=1S/C19H15N3O4/c23-16-9-7-15(8-10-16)21-19(24)13-6-11-17(18(12-13)22(25)26)20-14-4-2-1-3-5-14/h1-12,20,23H,(H,21,24). The largest absolute Gasteiger partial charge is 0.508 e. The summed E-state index contributed by atoms with van der Waals surface area (Å²) in [6.07, 6.45) is 0. The van der Waals surface area contributed by atoms with Crippen LogP contribution < -0.4 is 10.6 Å². The molecule has 130 valence electrons. The first kappa shape index (κ1) is 17.0. The molecule has 3 N–H and O–H groups in total. The molecule has 0 saturated heterocycles. The fourth-order valence-corrected chi connectivity index (χ4v) is 2.35. The SMILES string of the molecule is O=C(Nc1ccc(O)cc1)c1ccc(Nc2ccccc2)c([N+](=O)[O-])c1. The van der Waals surface area contributed by atoms with Gasteiger partial charge in [0.25, 0.3) is 11.6 Å². The van der Waals surface area contributed by atoms with Gasteiger partial charge in [-0.3, -0.25) is 14.9 Å². The summed E-state index contributed by atoms with van der Waals surface area (Å²) in [7, 11) is 0. The fraction of sp³-hybridized carbons (Fsp3) is 0. The molecule has 0 fully saturated rings. The highest BCUT2D eigenvalue weighted by atomic mass is 16.6. The van der Waals surface area contributed by atoms with E-state index in [9.17, 15) is 20.0 Å². The highest BCUT2D eigenvalue weighted by Crippen LogP contribution is 2.29. The van der Waals surface area contributed by atoms with E-state index in [1.54, 1.807) is 12.1 Å². The molecular weight excluding hydrogens is 334 g/mol. The summed E-state index contributed by atoms with van der Waals surface area (Å²) in [6.45, 7) is 0. The van der Waals surface area contributed by atoms with Crippen LogP contribution in [0.15, 0.2) is 72.8 Å². The number of nitro benzene ring substituents is 1. The van der Waals surface area contributed by atoms with Crippen LogP contribution in [-0.2, 0) is 0 Å². The van der Waals surface area contributed by atoms with Gasteiger partial charge in [-0.15, -0.1) is 0 Å². The average molecular weight is 349 g/mol. The van der Waals surface area contributed by atoms with Gasteiger partial charge in [0.05, 0.1) is 4.92 Å². The number of anilines is 3. The number of para-hydroxylation sites is 1. The highest BCUT2D eigenvalue weighted by Gasteiger charge is 2.18. The minimum Gasteiger partial charge on any atom is -0.508 e. The van der Waals surface area contributed by atoms with E-state index in [4.69, 9.17) is 0 Å². The fourth-order valence-electron chi connectivity index (χ4n) is 2.35. The molecule has 7 nitrogen and oxygen atoms in total. The number of aromatic hydroxyl groups is 1. The van der Waals surface area contributed by atoms with Crippen molar-refractivity contribution in [2.24, 2.45) is 0 Å². The van der Waals surface area contributed by atoms with Crippen molar-refractivity contribution < 1.29 is 14.8 Å². The van der Waals surface area contributed by atoms with Crippen molar-refractivity contribution in [3.63, 3.8) is 0 Å². The third kappa shape index (κ3) is 3.96. The van der Waals surface area contributed by atoms with Crippen LogP contribution in [0.4, 0.5) is 22.7 Å². The van der Waals surface area contributed by atoms with Gasteiger partial charge >= 0.3 is 0 Å². The van der Waals surface area contributed by atoms with Crippen LogP contribution >= 0.6 is 0 Å². The van der Waals surface area contributed by atoms with Gasteiger partial charge in [-0.2, -0.15) is 0 Å². The molecule has 1 amide bonds. The molecule has 0 saturated carbocycles. The predicted molar refractivity (Wildman–Crippen MR) is 98.9 cm³/mol. The molecule has 0 spiro atoms. The third-order valence-corrected chi connectivity index (χ3v) is 3.63. The molecule has 0 unspecified atom stereocenters. The van der Waals surface area contributed by atoms with Crippen molar-refractivity contribution in [2.45, 2.75) is 0 Å². The number of nitro groups is 1. The van der Waals surface area contributed by atoms with Crippen LogP contribution in [0, 0.1) is 10.1 Å². The number of phenols is 1. The van der Waals surface area contributed by atoms with Gasteiger partial charge in [-0.25, -0.2) is 0 Å². The minimum absolute atomic E-state index is 0.0787. The number of hydrogen-bond donors (Lipinski definition) is 3. The van der Waals surface area contributed by atoms with Gasteiger partial charge < -0.3 is 15.7 Å². The molecule has 0 aliphatic rings. The Bertz CT molecular complexity index is 941. The lowest BCUT2D eigenvalue weighted by atomic mass is 10.1. The molecule has 0 atom stereocenters. The van der Waals surface area contributed by atoms with Crippen LogP contribution in [0.3, 0.4) is 0 Å². The Morgan fingerprint density at radius 1 is 0.923 bits per heavy atom. The van der Waals surface area contributed by atoms with E-state index in [0.717, 1.165) is 0 Å². The van der Waals surface area contributed by atoms with Crippen LogP contribution in [0.25, 0.3) is 0 Å². The Hall–Kier alpha value is -3.87. The number of carbonyl (C=O) groups is 1. The van der Waals surface area contributed by atoms with Gasteiger partial charge in [-0.1, -0.05) is 18.2 Å². The molecule has 0 bridgehead atoms. The molecule has 0 aliphatic heterocycles. The molecule has 3 rings (SSSR count). The Labute approximate surface area is 149 Å². The normalized spacial score (nSPS) is 10.2. The predicted octanol–water partition coefficient (Wildman–Crippen LogP) is 4.30. The topological polar surface area (TPSA) is 104 Å². The number of amides is 1. The Morgan fingerprint density at radius 3 is 2.27 bits per heavy atom. The Balaban J connectivity index is 1.84. The summed E-state index contributed by atoms with van der Waals surface area (Å²) in [5, 5.41) is 26.3. The van der Waals surface area contributed by atoms with Crippen molar-refractivity contribution in [3.8, 4) is 5.75 Å². The lowest BCUT2D eigenvalue weighted by Crippen LogP contribution is -2.12. The van der Waals surface area contributed by atoms with Gasteiger partial charge in [0.1, 0.15) is 11.4 Å². The first-order valence-electron chi connectivity index (χ1n) is 7.74. The summed E-state index contributed by atoms with van der Waals surface area (Å²) < 4.78 is 0. The maximum Gasteiger partial charge on any atom is 0.293 e. The van der Waals surface area contributed by atoms with Crippen molar-refractivity contribution >= 4 is 28.7 Å². The summed E-state index contributed by atoms with van der Waals surface area (Å²) in [6, 6.07) is 19.2. The minimum atomic E-state index is -0.539. The first-order chi connectivity index (χ1) is 12.5. The van der Waals surface area contributed by atoms with Gasteiger partial charge in [0.15, 0.2) is 0 Å². The van der Waals surface area contributed by atoms with E-state index in [-0.39, 0.29) is 17.0 Å². The van der Waals surface area contributed by atoms with Crippen LogP contribution in [0.1, 0.15) is 10.4 Å².